The lowest BCUT2D eigenvalue weighted by Crippen LogP contribution is -2.38. The molecular weight excluding hydrogens is 644 g/mol. The summed E-state index contributed by atoms with van der Waals surface area (Å²) >= 11 is 6.47. The van der Waals surface area contributed by atoms with Crippen LogP contribution >= 0.6 is 11.6 Å². The number of nitrogens with two attached hydrogens (primary N) is 1. The molecule has 250 valence electrons. The lowest BCUT2D eigenvalue weighted by atomic mass is 10.1. The van der Waals surface area contributed by atoms with Crippen LogP contribution in [0.15, 0.2) is 23.5 Å². The molecule has 5 aromatic rings. The Hall–Kier alpha value is -5.76. The molecule has 0 atom stereocenters. The molecular formula is C30H33ClN12O5. The highest BCUT2D eigenvalue weighted by Crippen LogP contribution is 2.29. The molecule has 0 bridgehead atoms. The molecule has 0 fully saturated rings. The van der Waals surface area contributed by atoms with Gasteiger partial charge in [-0.05, 0) is 13.8 Å². The van der Waals surface area contributed by atoms with Crippen molar-refractivity contribution in [2.75, 3.05) is 46.6 Å². The third-order valence-electron chi connectivity index (χ3n) is 7.57. The number of aromatic nitrogens is 9. The van der Waals surface area contributed by atoms with Gasteiger partial charge in [-0.1, -0.05) is 28.7 Å². The van der Waals surface area contributed by atoms with Gasteiger partial charge in [0.15, 0.2) is 11.3 Å². The fraction of sp³-hybridized carbons (Fsp3) is 0.367. The van der Waals surface area contributed by atoms with E-state index >= 15 is 0 Å². The molecule has 0 aliphatic heterocycles. The number of pyridine rings is 1. The van der Waals surface area contributed by atoms with Crippen LogP contribution in [0.2, 0.25) is 5.15 Å². The van der Waals surface area contributed by atoms with E-state index in [2.05, 4.69) is 42.1 Å². The summed E-state index contributed by atoms with van der Waals surface area (Å²) in [5.74, 6) is 6.40. The molecule has 5 heterocycles. The van der Waals surface area contributed by atoms with Crippen LogP contribution in [0.25, 0.3) is 16.7 Å². The van der Waals surface area contributed by atoms with E-state index in [1.165, 1.54) is 23.2 Å². The normalized spacial score (nSPS) is 11.0. The Morgan fingerprint density at radius 1 is 1.10 bits per heavy atom. The molecule has 2 amide bonds. The number of likely N-dealkylation sites (N-methyl/N-ethyl adjacent to an activating group) is 2. The van der Waals surface area contributed by atoms with Gasteiger partial charge in [-0.2, -0.15) is 9.67 Å². The minimum absolute atomic E-state index is 0.0203. The topological polar surface area (TPSA) is 194 Å². The number of carbonyl (C=O) groups is 2. The van der Waals surface area contributed by atoms with E-state index < -0.39 is 17.7 Å². The maximum atomic E-state index is 12.9. The molecule has 17 nitrogen and oxygen atoms in total. The fourth-order valence-electron chi connectivity index (χ4n) is 4.93. The first-order chi connectivity index (χ1) is 22.9. The van der Waals surface area contributed by atoms with E-state index in [1.807, 2.05) is 18.4 Å². The molecule has 0 saturated heterocycles. The summed E-state index contributed by atoms with van der Waals surface area (Å²) in [5, 5.41) is 8.31. The van der Waals surface area contributed by atoms with Crippen molar-refractivity contribution in [2.45, 2.75) is 26.8 Å². The zero-order valence-corrected chi connectivity index (χ0v) is 27.9. The van der Waals surface area contributed by atoms with Crippen LogP contribution in [0.1, 0.15) is 39.3 Å². The summed E-state index contributed by atoms with van der Waals surface area (Å²) in [6.07, 6.45) is 4.43. The largest absolute Gasteiger partial charge is 0.496 e. The number of nitrogens with zero attached hydrogens (tertiary/aromatic N) is 11. The van der Waals surface area contributed by atoms with Crippen molar-refractivity contribution in [3.63, 3.8) is 0 Å². The molecule has 0 unspecified atom stereocenters. The number of rotatable bonds is 9. The van der Waals surface area contributed by atoms with Gasteiger partial charge in [0.25, 0.3) is 5.91 Å². The van der Waals surface area contributed by atoms with Crippen molar-refractivity contribution < 1.29 is 19.1 Å². The molecule has 48 heavy (non-hydrogen) atoms. The molecule has 5 aromatic heterocycles. The first-order valence-corrected chi connectivity index (χ1v) is 15.0. The van der Waals surface area contributed by atoms with E-state index in [9.17, 15) is 14.4 Å². The van der Waals surface area contributed by atoms with Crippen molar-refractivity contribution in [1.29, 1.82) is 0 Å². The van der Waals surface area contributed by atoms with Crippen molar-refractivity contribution in [3.05, 3.63) is 62.4 Å². The van der Waals surface area contributed by atoms with E-state index in [0.29, 0.717) is 23.1 Å². The fourth-order valence-corrected chi connectivity index (χ4v) is 5.20. The lowest BCUT2D eigenvalue weighted by molar-refractivity contribution is 0.0760. The number of nitrogen functional groups attached to an aromatic ring is 1. The van der Waals surface area contributed by atoms with Crippen LogP contribution in [-0.4, -0.2) is 107 Å². The second-order valence-electron chi connectivity index (χ2n) is 10.9. The smallest absolute Gasteiger partial charge is 0.409 e. The van der Waals surface area contributed by atoms with Crippen LogP contribution in [-0.2, 0) is 18.3 Å². The number of fused-ring (bicyclic) bond motifs is 2. The van der Waals surface area contributed by atoms with Gasteiger partial charge < -0.3 is 29.6 Å². The number of halogens is 1. The predicted octanol–water partition coefficient (Wildman–Crippen LogP) is 1.45. The highest BCUT2D eigenvalue weighted by Gasteiger charge is 2.22. The Morgan fingerprint density at radius 2 is 1.85 bits per heavy atom. The first kappa shape index (κ1) is 33.6. The van der Waals surface area contributed by atoms with Crippen LogP contribution < -0.4 is 16.2 Å². The van der Waals surface area contributed by atoms with Crippen molar-refractivity contribution >= 4 is 46.2 Å². The lowest BCUT2D eigenvalue weighted by Gasteiger charge is -2.21. The van der Waals surface area contributed by atoms with Gasteiger partial charge in [0, 0.05) is 64.2 Å². The van der Waals surface area contributed by atoms with Crippen molar-refractivity contribution in [1.82, 2.24) is 53.7 Å². The molecule has 0 spiro atoms. The van der Waals surface area contributed by atoms with E-state index in [-0.39, 0.29) is 48.6 Å². The molecule has 5 rings (SSSR count). The third kappa shape index (κ3) is 6.69. The second kappa shape index (κ2) is 13.9. The number of hydrogen-bond donors (Lipinski definition) is 1. The third-order valence-corrected chi connectivity index (χ3v) is 7.84. The number of ether oxygens (including phenoxy) is 2. The number of aryl methyl sites for hydroxylation is 2. The minimum Gasteiger partial charge on any atom is -0.496 e. The van der Waals surface area contributed by atoms with Crippen LogP contribution in [0.5, 0.6) is 5.75 Å². The molecule has 2 N–H and O–H groups in total. The summed E-state index contributed by atoms with van der Waals surface area (Å²) < 4.78 is 14.9. The Labute approximate surface area is 279 Å². The van der Waals surface area contributed by atoms with E-state index in [1.54, 1.807) is 33.6 Å². The maximum absolute atomic E-state index is 12.9. The Morgan fingerprint density at radius 3 is 2.60 bits per heavy atom. The average Bonchev–Trinajstić information content (AvgIpc) is 3.64. The summed E-state index contributed by atoms with van der Waals surface area (Å²) in [6.45, 7) is 4.61. The van der Waals surface area contributed by atoms with Crippen LogP contribution in [0, 0.1) is 25.7 Å². The van der Waals surface area contributed by atoms with E-state index in [0.717, 1.165) is 31.7 Å². The quantitative estimate of drug-likeness (QED) is 0.134. The molecule has 0 aliphatic carbocycles. The number of imidazole rings is 1. The van der Waals surface area contributed by atoms with Crippen molar-refractivity contribution in [3.8, 4) is 17.6 Å². The van der Waals surface area contributed by atoms with Gasteiger partial charge in [-0.25, -0.2) is 24.0 Å². The van der Waals surface area contributed by atoms with Gasteiger partial charge >= 0.3 is 11.8 Å². The van der Waals surface area contributed by atoms with E-state index in [4.69, 9.17) is 26.8 Å². The molecule has 18 heteroatoms. The standard InChI is InChI=1S/C30H33ClN12O5/c1-17-13-33-20(18(2)23(17)47-6)15-42-14-19(21-24(31)35-28(32)36-25(21)42)9-7-8-12-48-30(46)40(4)11-10-39(3)27(44)22-26-37-38-41(5)29(45)43(26)16-34-22/h13-14,16H,8,10-12,15H2,1-6H3,(H2,32,35,36). The number of carbonyl (C=O) groups excluding carboxylic acids is 2. The van der Waals surface area contributed by atoms with Gasteiger partial charge in [0.1, 0.15) is 29.5 Å². The first-order valence-electron chi connectivity index (χ1n) is 14.6. The Bertz CT molecular complexity index is 2160. The van der Waals surface area contributed by atoms with Gasteiger partial charge in [0.2, 0.25) is 5.95 Å². The number of hydrogen-bond acceptors (Lipinski definition) is 12. The van der Waals surface area contributed by atoms with Crippen LogP contribution in [0.3, 0.4) is 0 Å². The molecule has 0 radical (unpaired) electrons. The van der Waals surface area contributed by atoms with Gasteiger partial charge in [0.05, 0.1) is 30.3 Å². The molecule has 0 aliphatic rings. The Kier molecular flexibility index (Phi) is 9.75. The molecule has 0 saturated carbocycles. The number of amides is 2. The van der Waals surface area contributed by atoms with Crippen LogP contribution in [0.4, 0.5) is 10.7 Å². The Balaban J connectivity index is 1.18. The summed E-state index contributed by atoms with van der Waals surface area (Å²) in [4.78, 5) is 57.5. The summed E-state index contributed by atoms with van der Waals surface area (Å²) in [5.41, 5.74) is 9.15. The zero-order chi connectivity index (χ0) is 34.7. The molecule has 0 aromatic carbocycles. The number of anilines is 1. The zero-order valence-electron chi connectivity index (χ0n) is 27.2. The summed E-state index contributed by atoms with van der Waals surface area (Å²) in [6, 6.07) is 0. The average molecular weight is 677 g/mol. The second-order valence-corrected chi connectivity index (χ2v) is 11.2. The predicted molar refractivity (Wildman–Crippen MR) is 175 cm³/mol. The summed E-state index contributed by atoms with van der Waals surface area (Å²) in [7, 11) is 6.16. The SMILES string of the molecule is COc1c(C)cnc(Cn2cc(C#CCCOC(=O)N(C)CCN(C)C(=O)c3ncn4c(=O)n(C)nnc34)c3c(Cl)nc(N)nc32)c1C. The van der Waals surface area contributed by atoms with Gasteiger partial charge in [-0.15, -0.1) is 5.10 Å². The highest BCUT2D eigenvalue weighted by atomic mass is 35.5. The van der Waals surface area contributed by atoms with Gasteiger partial charge in [-0.3, -0.25) is 9.78 Å². The number of methoxy groups -OCH3 is 1. The maximum Gasteiger partial charge on any atom is 0.409 e. The highest BCUT2D eigenvalue weighted by molar-refractivity contribution is 6.34. The van der Waals surface area contributed by atoms with Crippen molar-refractivity contribution in [2.24, 2.45) is 7.05 Å². The monoisotopic (exact) mass is 676 g/mol. The minimum atomic E-state index is -0.584.